The SMILES string of the molecule is CCOCCC1(CNC(=NC)NCc2ccc(Cl)cc2)CCCC1. The van der Waals surface area contributed by atoms with Gasteiger partial charge in [-0.1, -0.05) is 36.6 Å². The standard InChI is InChI=1S/C19H30ClN3O/c1-3-24-13-12-19(10-4-5-11-19)15-23-18(21-2)22-14-16-6-8-17(20)9-7-16/h6-9H,3-5,10-15H2,1-2H3,(H2,21,22,23). The van der Waals surface area contributed by atoms with Crippen LogP contribution in [-0.4, -0.2) is 32.8 Å². The van der Waals surface area contributed by atoms with Crippen molar-refractivity contribution >= 4 is 17.6 Å². The van der Waals surface area contributed by atoms with Crippen LogP contribution in [0.1, 0.15) is 44.6 Å². The topological polar surface area (TPSA) is 45.6 Å². The first-order valence-electron chi connectivity index (χ1n) is 8.94. The van der Waals surface area contributed by atoms with Crippen LogP contribution < -0.4 is 10.6 Å². The second-order valence-corrected chi connectivity index (χ2v) is 7.00. The van der Waals surface area contributed by atoms with Crippen molar-refractivity contribution < 1.29 is 4.74 Å². The Labute approximate surface area is 151 Å². The van der Waals surface area contributed by atoms with Gasteiger partial charge in [-0.3, -0.25) is 4.99 Å². The van der Waals surface area contributed by atoms with Gasteiger partial charge in [-0.05, 0) is 49.3 Å². The molecule has 0 aliphatic heterocycles. The van der Waals surface area contributed by atoms with Gasteiger partial charge in [-0.25, -0.2) is 0 Å². The number of hydrogen-bond acceptors (Lipinski definition) is 2. The van der Waals surface area contributed by atoms with E-state index in [4.69, 9.17) is 16.3 Å². The Morgan fingerprint density at radius 1 is 1.21 bits per heavy atom. The highest BCUT2D eigenvalue weighted by molar-refractivity contribution is 6.30. The predicted molar refractivity (Wildman–Crippen MR) is 102 cm³/mol. The van der Waals surface area contributed by atoms with Crippen LogP contribution in [0.25, 0.3) is 0 Å². The van der Waals surface area contributed by atoms with Gasteiger partial charge in [0.05, 0.1) is 0 Å². The van der Waals surface area contributed by atoms with Gasteiger partial charge in [0.2, 0.25) is 0 Å². The number of nitrogens with zero attached hydrogens (tertiary/aromatic N) is 1. The number of nitrogens with one attached hydrogen (secondary N) is 2. The summed E-state index contributed by atoms with van der Waals surface area (Å²) in [6, 6.07) is 7.89. The normalized spacial score (nSPS) is 17.0. The van der Waals surface area contributed by atoms with E-state index in [0.717, 1.165) is 43.7 Å². The molecule has 0 unspecified atom stereocenters. The fraction of sp³-hybridized carbons (Fsp3) is 0.632. The molecule has 24 heavy (non-hydrogen) atoms. The molecule has 2 N–H and O–H groups in total. The van der Waals surface area contributed by atoms with E-state index in [1.165, 1.54) is 31.2 Å². The molecule has 0 heterocycles. The first kappa shape index (κ1) is 19.1. The van der Waals surface area contributed by atoms with Crippen molar-refractivity contribution in [1.82, 2.24) is 10.6 Å². The van der Waals surface area contributed by atoms with Gasteiger partial charge < -0.3 is 15.4 Å². The molecule has 2 rings (SSSR count). The van der Waals surface area contributed by atoms with Gasteiger partial charge >= 0.3 is 0 Å². The molecule has 1 fully saturated rings. The number of guanidine groups is 1. The van der Waals surface area contributed by atoms with E-state index in [1.807, 2.05) is 31.3 Å². The van der Waals surface area contributed by atoms with Gasteiger partial charge in [0.1, 0.15) is 0 Å². The Kier molecular flexibility index (Phi) is 7.86. The fourth-order valence-corrected chi connectivity index (χ4v) is 3.48. The highest BCUT2D eigenvalue weighted by Gasteiger charge is 2.33. The molecule has 0 amide bonds. The lowest BCUT2D eigenvalue weighted by Crippen LogP contribution is -2.43. The molecule has 1 aliphatic rings. The molecule has 0 atom stereocenters. The molecule has 134 valence electrons. The summed E-state index contributed by atoms with van der Waals surface area (Å²) in [4.78, 5) is 4.35. The van der Waals surface area contributed by atoms with Crippen LogP contribution in [0.5, 0.6) is 0 Å². The number of aliphatic imine (C=N–C) groups is 1. The van der Waals surface area contributed by atoms with Crippen LogP contribution in [0.3, 0.4) is 0 Å². The van der Waals surface area contributed by atoms with E-state index >= 15 is 0 Å². The first-order chi connectivity index (χ1) is 11.7. The second-order valence-electron chi connectivity index (χ2n) is 6.56. The third kappa shape index (κ3) is 5.99. The molecular weight excluding hydrogens is 322 g/mol. The van der Waals surface area contributed by atoms with Crippen molar-refractivity contribution in [2.45, 2.75) is 45.6 Å². The highest BCUT2D eigenvalue weighted by atomic mass is 35.5. The lowest BCUT2D eigenvalue weighted by atomic mass is 9.83. The zero-order valence-electron chi connectivity index (χ0n) is 14.9. The summed E-state index contributed by atoms with van der Waals surface area (Å²) < 4.78 is 5.58. The van der Waals surface area contributed by atoms with Crippen LogP contribution in [0.4, 0.5) is 0 Å². The van der Waals surface area contributed by atoms with Crippen LogP contribution in [0.15, 0.2) is 29.3 Å². The van der Waals surface area contributed by atoms with Crippen LogP contribution in [0, 0.1) is 5.41 Å². The van der Waals surface area contributed by atoms with Crippen LogP contribution >= 0.6 is 11.6 Å². The van der Waals surface area contributed by atoms with Gasteiger partial charge in [-0.2, -0.15) is 0 Å². The van der Waals surface area contributed by atoms with Crippen molar-refractivity contribution in [3.8, 4) is 0 Å². The number of benzene rings is 1. The molecule has 0 spiro atoms. The fourth-order valence-electron chi connectivity index (χ4n) is 3.35. The molecule has 0 aromatic heterocycles. The van der Waals surface area contributed by atoms with E-state index in [2.05, 4.69) is 22.5 Å². The van der Waals surface area contributed by atoms with Gasteiger partial charge in [0.25, 0.3) is 0 Å². The Morgan fingerprint density at radius 2 is 1.92 bits per heavy atom. The van der Waals surface area contributed by atoms with Crippen LogP contribution in [-0.2, 0) is 11.3 Å². The Bertz CT molecular complexity index is 510. The smallest absolute Gasteiger partial charge is 0.191 e. The molecule has 1 aliphatic carbocycles. The lowest BCUT2D eigenvalue weighted by molar-refractivity contribution is 0.105. The number of rotatable bonds is 8. The maximum atomic E-state index is 5.92. The molecule has 0 radical (unpaired) electrons. The summed E-state index contributed by atoms with van der Waals surface area (Å²) in [6.07, 6.45) is 6.33. The average Bonchev–Trinajstić information content (AvgIpc) is 3.06. The van der Waals surface area contributed by atoms with E-state index < -0.39 is 0 Å². The quantitative estimate of drug-likeness (QED) is 0.423. The molecule has 1 aromatic carbocycles. The average molecular weight is 352 g/mol. The largest absolute Gasteiger partial charge is 0.382 e. The molecule has 1 saturated carbocycles. The maximum absolute atomic E-state index is 5.92. The van der Waals surface area contributed by atoms with Gasteiger partial charge in [-0.15, -0.1) is 0 Å². The Morgan fingerprint density at radius 3 is 2.54 bits per heavy atom. The summed E-state index contributed by atoms with van der Waals surface area (Å²) >= 11 is 5.92. The van der Waals surface area contributed by atoms with E-state index in [9.17, 15) is 0 Å². The van der Waals surface area contributed by atoms with Gasteiger partial charge in [0, 0.05) is 38.4 Å². The minimum Gasteiger partial charge on any atom is -0.382 e. The number of halogens is 1. The van der Waals surface area contributed by atoms with Crippen molar-refractivity contribution in [3.63, 3.8) is 0 Å². The molecule has 4 nitrogen and oxygen atoms in total. The Hall–Kier alpha value is -1.26. The number of ether oxygens (including phenoxy) is 1. The van der Waals surface area contributed by atoms with E-state index in [0.29, 0.717) is 5.41 Å². The van der Waals surface area contributed by atoms with E-state index in [-0.39, 0.29) is 0 Å². The third-order valence-electron chi connectivity index (χ3n) is 4.87. The summed E-state index contributed by atoms with van der Waals surface area (Å²) in [5.41, 5.74) is 1.54. The molecule has 1 aromatic rings. The Balaban J connectivity index is 1.81. The van der Waals surface area contributed by atoms with E-state index in [1.54, 1.807) is 0 Å². The predicted octanol–water partition coefficient (Wildman–Crippen LogP) is 3.99. The highest BCUT2D eigenvalue weighted by Crippen LogP contribution is 2.40. The summed E-state index contributed by atoms with van der Waals surface area (Å²) in [5, 5.41) is 7.66. The zero-order chi connectivity index (χ0) is 17.3. The van der Waals surface area contributed by atoms with Crippen molar-refractivity contribution in [1.29, 1.82) is 0 Å². The molecule has 0 saturated heterocycles. The summed E-state index contributed by atoms with van der Waals surface area (Å²) in [5.74, 6) is 0.854. The zero-order valence-corrected chi connectivity index (χ0v) is 15.7. The monoisotopic (exact) mass is 351 g/mol. The molecule has 5 heteroatoms. The van der Waals surface area contributed by atoms with Crippen molar-refractivity contribution in [2.75, 3.05) is 26.8 Å². The van der Waals surface area contributed by atoms with Crippen molar-refractivity contribution in [3.05, 3.63) is 34.9 Å². The van der Waals surface area contributed by atoms with Crippen molar-refractivity contribution in [2.24, 2.45) is 10.4 Å². The summed E-state index contributed by atoms with van der Waals surface area (Å²) in [7, 11) is 1.82. The lowest BCUT2D eigenvalue weighted by Gasteiger charge is -2.30. The van der Waals surface area contributed by atoms with Gasteiger partial charge in [0.15, 0.2) is 5.96 Å². The maximum Gasteiger partial charge on any atom is 0.191 e. The second kappa shape index (κ2) is 9.90. The minimum absolute atomic E-state index is 0.354. The first-order valence-corrected chi connectivity index (χ1v) is 9.32. The number of hydrogen-bond donors (Lipinski definition) is 2. The molecule has 0 bridgehead atoms. The summed E-state index contributed by atoms with van der Waals surface area (Å²) in [6.45, 7) is 5.41. The minimum atomic E-state index is 0.354. The van der Waals surface area contributed by atoms with Crippen LogP contribution in [0.2, 0.25) is 5.02 Å². The molecular formula is C19H30ClN3O. The third-order valence-corrected chi connectivity index (χ3v) is 5.12.